The van der Waals surface area contributed by atoms with Gasteiger partial charge in [0.1, 0.15) is 5.71 Å². The van der Waals surface area contributed by atoms with Gasteiger partial charge in [-0.2, -0.15) is 0 Å². The highest BCUT2D eigenvalue weighted by atomic mass is 16.1. The van der Waals surface area contributed by atoms with E-state index in [1.807, 2.05) is 18.3 Å². The number of ketones is 1. The van der Waals surface area contributed by atoms with Crippen LogP contribution < -0.4 is 0 Å². The van der Waals surface area contributed by atoms with Crippen molar-refractivity contribution < 1.29 is 4.79 Å². The fourth-order valence-corrected chi connectivity index (χ4v) is 5.45. The molecule has 0 radical (unpaired) electrons. The number of aromatic nitrogens is 1. The number of aliphatic imine (C=N–C) groups is 1. The summed E-state index contributed by atoms with van der Waals surface area (Å²) in [7, 11) is 2.22. The van der Waals surface area contributed by atoms with Crippen LogP contribution in [0, 0.1) is 17.8 Å². The minimum Gasteiger partial charge on any atom is -0.373 e. The predicted molar refractivity (Wildman–Crippen MR) is 98.0 cm³/mol. The van der Waals surface area contributed by atoms with Gasteiger partial charge in [-0.25, -0.2) is 0 Å². The maximum absolute atomic E-state index is 12.4. The van der Waals surface area contributed by atoms with Crippen molar-refractivity contribution in [2.45, 2.75) is 38.1 Å². The lowest BCUT2D eigenvalue weighted by Gasteiger charge is -2.38. The van der Waals surface area contributed by atoms with E-state index in [0.29, 0.717) is 17.7 Å². The van der Waals surface area contributed by atoms with Crippen LogP contribution in [-0.2, 0) is 4.79 Å². The number of hydrogen-bond acceptors (Lipinski definition) is 4. The Bertz CT molecular complexity index is 808. The van der Waals surface area contributed by atoms with Crippen LogP contribution in [0.5, 0.6) is 0 Å². The minimum absolute atomic E-state index is 0.0283. The van der Waals surface area contributed by atoms with E-state index in [-0.39, 0.29) is 5.78 Å². The first-order chi connectivity index (χ1) is 12.2. The smallest absolute Gasteiger partial charge is 0.204 e. The summed E-state index contributed by atoms with van der Waals surface area (Å²) in [6.45, 7) is 0. The lowest BCUT2D eigenvalue weighted by Crippen LogP contribution is -2.34. The van der Waals surface area contributed by atoms with Gasteiger partial charge in [0.25, 0.3) is 0 Å². The second-order valence-corrected chi connectivity index (χ2v) is 8.04. The number of nitrogens with zero attached hydrogens (tertiary/aromatic N) is 3. The summed E-state index contributed by atoms with van der Waals surface area (Å²) in [5.41, 5.74) is 3.52. The molecule has 0 amide bonds. The molecule has 2 aliphatic heterocycles. The third-order valence-corrected chi connectivity index (χ3v) is 6.53. The second-order valence-electron chi connectivity index (χ2n) is 8.04. The Morgan fingerprint density at radius 1 is 1.16 bits per heavy atom. The van der Waals surface area contributed by atoms with Gasteiger partial charge in [-0.3, -0.25) is 14.8 Å². The standard InChI is InChI=1S/C21H23N3O/c1-24-16-10-13-7-14(11-16)9-15(8-13)19(24)12-23-21-17-3-2-6-22-18(17)4-5-20(21)25/h2-6,12-16H,7-11H2,1H3/b19-12+,23-21-. The first-order valence-electron chi connectivity index (χ1n) is 9.37. The molecule has 2 atom stereocenters. The van der Waals surface area contributed by atoms with E-state index in [9.17, 15) is 4.79 Å². The molecule has 1 aromatic heterocycles. The van der Waals surface area contributed by atoms with Crippen LogP contribution in [0.4, 0.5) is 0 Å². The molecule has 2 saturated carbocycles. The fraction of sp³-hybridized carbons (Fsp3) is 0.476. The van der Waals surface area contributed by atoms with Gasteiger partial charge in [-0.15, -0.1) is 0 Å². The number of carbonyl (C=O) groups is 1. The molecule has 2 unspecified atom stereocenters. The first kappa shape index (κ1) is 15.1. The highest BCUT2D eigenvalue weighted by Crippen LogP contribution is 2.50. The van der Waals surface area contributed by atoms with E-state index in [1.165, 1.54) is 37.8 Å². The third kappa shape index (κ3) is 2.46. The van der Waals surface area contributed by atoms with Gasteiger partial charge in [0.2, 0.25) is 5.78 Å². The summed E-state index contributed by atoms with van der Waals surface area (Å²) >= 11 is 0. The molecule has 2 saturated heterocycles. The van der Waals surface area contributed by atoms with Gasteiger partial charge >= 0.3 is 0 Å². The SMILES string of the molecule is CN1/C(=C/N=C2\C(=O)C=Cc3ncccc32)C2CC3CC(C2)CC1C3. The number of fused-ring (bicyclic) bond motifs is 2. The van der Waals surface area contributed by atoms with Crippen LogP contribution in [0.3, 0.4) is 0 Å². The van der Waals surface area contributed by atoms with Crippen LogP contribution in [-0.4, -0.2) is 34.5 Å². The van der Waals surface area contributed by atoms with Gasteiger partial charge < -0.3 is 4.90 Å². The van der Waals surface area contributed by atoms with Crippen LogP contribution in [0.15, 0.2) is 41.3 Å². The Hall–Kier alpha value is -2.23. The molecular weight excluding hydrogens is 310 g/mol. The molecule has 0 spiro atoms. The Balaban J connectivity index is 1.55. The zero-order chi connectivity index (χ0) is 17.0. The molecule has 3 aliphatic carbocycles. The molecular formula is C21H23N3O. The average molecular weight is 333 g/mol. The van der Waals surface area contributed by atoms with E-state index in [0.717, 1.165) is 23.1 Å². The van der Waals surface area contributed by atoms with Crippen molar-refractivity contribution in [2.24, 2.45) is 22.7 Å². The van der Waals surface area contributed by atoms with Crippen LogP contribution in [0.25, 0.3) is 6.08 Å². The van der Waals surface area contributed by atoms with Crippen molar-refractivity contribution in [1.29, 1.82) is 0 Å². The molecule has 4 nitrogen and oxygen atoms in total. The zero-order valence-corrected chi connectivity index (χ0v) is 14.6. The maximum Gasteiger partial charge on any atom is 0.204 e. The number of carbonyl (C=O) groups excluding carboxylic acids is 1. The first-order valence-corrected chi connectivity index (χ1v) is 9.37. The molecule has 128 valence electrons. The van der Waals surface area contributed by atoms with E-state index >= 15 is 0 Å². The number of pyridine rings is 1. The van der Waals surface area contributed by atoms with Crippen molar-refractivity contribution in [3.63, 3.8) is 0 Å². The number of allylic oxidation sites excluding steroid dienone is 2. The highest BCUT2D eigenvalue weighted by molar-refractivity contribution is 6.52. The quantitative estimate of drug-likeness (QED) is 0.791. The molecule has 3 heterocycles. The van der Waals surface area contributed by atoms with Crippen LogP contribution >= 0.6 is 0 Å². The molecule has 25 heavy (non-hydrogen) atoms. The van der Waals surface area contributed by atoms with Gasteiger partial charge in [-0.05, 0) is 68.2 Å². The van der Waals surface area contributed by atoms with Crippen molar-refractivity contribution in [3.05, 3.63) is 47.6 Å². The molecule has 5 aliphatic rings. The Morgan fingerprint density at radius 2 is 1.96 bits per heavy atom. The lowest BCUT2D eigenvalue weighted by molar-refractivity contribution is -0.108. The van der Waals surface area contributed by atoms with Gasteiger partial charge in [0.15, 0.2) is 0 Å². The predicted octanol–water partition coefficient (Wildman–Crippen LogP) is 3.45. The van der Waals surface area contributed by atoms with Gasteiger partial charge in [0.05, 0.1) is 5.69 Å². The molecule has 0 N–H and O–H groups in total. The zero-order valence-electron chi connectivity index (χ0n) is 14.6. The summed E-state index contributed by atoms with van der Waals surface area (Å²) in [6.07, 6.45) is 13.8. The Morgan fingerprint density at radius 3 is 2.76 bits per heavy atom. The Kier molecular flexibility index (Phi) is 3.40. The highest BCUT2D eigenvalue weighted by Gasteiger charge is 2.43. The van der Waals surface area contributed by atoms with E-state index in [2.05, 4.69) is 16.9 Å². The Labute approximate surface area is 148 Å². The average Bonchev–Trinajstić information content (AvgIpc) is 2.75. The molecule has 4 bridgehead atoms. The van der Waals surface area contributed by atoms with E-state index < -0.39 is 0 Å². The van der Waals surface area contributed by atoms with E-state index in [1.54, 1.807) is 18.3 Å². The lowest BCUT2D eigenvalue weighted by atomic mass is 9.68. The second kappa shape index (κ2) is 5.65. The van der Waals surface area contributed by atoms with Crippen molar-refractivity contribution in [2.75, 3.05) is 7.05 Å². The van der Waals surface area contributed by atoms with Crippen molar-refractivity contribution in [3.8, 4) is 0 Å². The van der Waals surface area contributed by atoms with E-state index in [4.69, 9.17) is 4.99 Å². The van der Waals surface area contributed by atoms with Crippen molar-refractivity contribution in [1.82, 2.24) is 9.88 Å². The summed E-state index contributed by atoms with van der Waals surface area (Å²) in [4.78, 5) is 23.9. The van der Waals surface area contributed by atoms with Gasteiger partial charge in [0, 0.05) is 42.7 Å². The van der Waals surface area contributed by atoms with Crippen LogP contribution in [0.2, 0.25) is 0 Å². The normalized spacial score (nSPS) is 36.2. The molecule has 4 heteroatoms. The molecule has 0 aromatic carbocycles. The monoisotopic (exact) mass is 333 g/mol. The van der Waals surface area contributed by atoms with Crippen LogP contribution in [0.1, 0.15) is 43.4 Å². The summed E-state index contributed by atoms with van der Waals surface area (Å²) in [5.74, 6) is 2.34. The number of hydrogen-bond donors (Lipinski definition) is 0. The fourth-order valence-electron chi connectivity index (χ4n) is 5.45. The molecule has 4 fully saturated rings. The van der Waals surface area contributed by atoms with Crippen molar-refractivity contribution >= 4 is 17.6 Å². The number of rotatable bonds is 1. The van der Waals surface area contributed by atoms with Gasteiger partial charge in [-0.1, -0.05) is 0 Å². The minimum atomic E-state index is -0.0283. The topological polar surface area (TPSA) is 45.6 Å². The summed E-state index contributed by atoms with van der Waals surface area (Å²) in [6, 6.07) is 4.45. The summed E-state index contributed by atoms with van der Waals surface area (Å²) in [5, 5.41) is 0. The summed E-state index contributed by atoms with van der Waals surface area (Å²) < 4.78 is 0. The molecule has 6 rings (SSSR count). The largest absolute Gasteiger partial charge is 0.373 e. The molecule has 1 aromatic rings. The third-order valence-electron chi connectivity index (χ3n) is 6.53. The maximum atomic E-state index is 12.4.